The van der Waals surface area contributed by atoms with E-state index in [2.05, 4.69) is 10.5 Å². The first-order valence-corrected chi connectivity index (χ1v) is 6.62. The molecule has 1 atom stereocenters. The van der Waals surface area contributed by atoms with Gasteiger partial charge in [-0.05, 0) is 25.1 Å². The Kier molecular flexibility index (Phi) is 3.25. The monoisotopic (exact) mass is 290 g/mol. The Morgan fingerprint density at radius 2 is 2.20 bits per heavy atom. The predicted octanol–water partition coefficient (Wildman–Crippen LogP) is 2.68. The Bertz CT molecular complexity index is 762. The molecule has 0 saturated carbocycles. The minimum Gasteiger partial charge on any atom is -0.457 e. The van der Waals surface area contributed by atoms with E-state index in [1.165, 1.54) is 0 Å². The van der Waals surface area contributed by atoms with E-state index in [1.807, 2.05) is 38.2 Å². The summed E-state index contributed by atoms with van der Waals surface area (Å²) in [5, 5.41) is 5.87. The van der Waals surface area contributed by atoms with E-state index in [9.17, 15) is 0 Å². The molecule has 6 heteroatoms. The molecule has 0 saturated heterocycles. The van der Waals surface area contributed by atoms with Crippen LogP contribution < -0.4 is 11.3 Å². The maximum Gasteiger partial charge on any atom is 0.152 e. The van der Waals surface area contributed by atoms with Crippen LogP contribution in [0.5, 0.6) is 0 Å². The third-order valence-corrected chi connectivity index (χ3v) is 3.60. The maximum absolute atomic E-state index is 6.14. The topological polar surface area (TPSA) is 69.0 Å². The van der Waals surface area contributed by atoms with Gasteiger partial charge in [0.1, 0.15) is 11.8 Å². The number of fused-ring (bicyclic) bond motifs is 1. The largest absolute Gasteiger partial charge is 0.457 e. The van der Waals surface area contributed by atoms with Gasteiger partial charge in [0.25, 0.3) is 0 Å². The molecule has 5 nitrogen and oxygen atoms in total. The molecule has 0 aliphatic carbocycles. The average molecular weight is 291 g/mol. The van der Waals surface area contributed by atoms with Crippen LogP contribution in [0.15, 0.2) is 34.7 Å². The number of para-hydroxylation sites is 1. The van der Waals surface area contributed by atoms with Crippen molar-refractivity contribution in [2.75, 3.05) is 0 Å². The van der Waals surface area contributed by atoms with Crippen LogP contribution in [0.3, 0.4) is 0 Å². The van der Waals surface area contributed by atoms with Crippen molar-refractivity contribution in [2.45, 2.75) is 13.0 Å². The zero-order chi connectivity index (χ0) is 14.3. The first kappa shape index (κ1) is 13.2. The molecule has 0 aliphatic rings. The van der Waals surface area contributed by atoms with E-state index in [1.54, 1.807) is 10.7 Å². The molecule has 3 aromatic rings. The van der Waals surface area contributed by atoms with Gasteiger partial charge in [0.05, 0.1) is 16.4 Å². The molecule has 2 aromatic heterocycles. The Hall–Kier alpha value is -1.82. The van der Waals surface area contributed by atoms with Crippen LogP contribution in [-0.4, -0.2) is 9.78 Å². The number of benzene rings is 1. The number of aromatic nitrogens is 2. The van der Waals surface area contributed by atoms with Crippen molar-refractivity contribution < 1.29 is 4.42 Å². The number of hydrogen-bond acceptors (Lipinski definition) is 4. The maximum atomic E-state index is 6.14. The number of nitrogens with zero attached hydrogens (tertiary/aromatic N) is 2. The smallest absolute Gasteiger partial charge is 0.152 e. The minimum atomic E-state index is -0.273. The van der Waals surface area contributed by atoms with E-state index in [0.717, 1.165) is 16.8 Å². The standard InChI is InChI=1S/C14H15ClN4O/c1-8-6-11(19(2)18-8)13(17-16)12-7-9-4-3-5-10(15)14(9)20-12/h3-7,13,17H,16H2,1-2H3. The Morgan fingerprint density at radius 1 is 1.40 bits per heavy atom. The van der Waals surface area contributed by atoms with Crippen LogP contribution in [0.2, 0.25) is 5.02 Å². The quantitative estimate of drug-likeness (QED) is 0.575. The molecule has 1 unspecified atom stereocenters. The fourth-order valence-corrected chi connectivity index (χ4v) is 2.62. The fourth-order valence-electron chi connectivity index (χ4n) is 2.40. The molecular weight excluding hydrogens is 276 g/mol. The first-order valence-electron chi connectivity index (χ1n) is 6.25. The zero-order valence-corrected chi connectivity index (χ0v) is 12.0. The van der Waals surface area contributed by atoms with Gasteiger partial charge in [-0.2, -0.15) is 5.10 Å². The summed E-state index contributed by atoms with van der Waals surface area (Å²) in [5.74, 6) is 6.40. The Morgan fingerprint density at radius 3 is 2.80 bits per heavy atom. The lowest BCUT2D eigenvalue weighted by Gasteiger charge is -2.13. The van der Waals surface area contributed by atoms with Gasteiger partial charge >= 0.3 is 0 Å². The number of furan rings is 1. The number of aryl methyl sites for hydroxylation is 2. The number of nitrogens with two attached hydrogens (primary N) is 1. The fraction of sp³-hybridized carbons (Fsp3) is 0.214. The molecule has 1 aromatic carbocycles. The molecule has 0 radical (unpaired) electrons. The number of halogens is 1. The number of nitrogens with one attached hydrogen (secondary N) is 1. The van der Waals surface area contributed by atoms with E-state index < -0.39 is 0 Å². The first-order chi connectivity index (χ1) is 9.60. The average Bonchev–Trinajstić information content (AvgIpc) is 2.96. The van der Waals surface area contributed by atoms with Crippen LogP contribution in [0.25, 0.3) is 11.0 Å². The molecule has 3 rings (SSSR count). The number of hydrogen-bond donors (Lipinski definition) is 2. The number of hydrazine groups is 1. The van der Waals surface area contributed by atoms with Crippen LogP contribution in [0, 0.1) is 6.92 Å². The summed E-state index contributed by atoms with van der Waals surface area (Å²) in [6.45, 7) is 1.94. The Balaban J connectivity index is 2.12. The lowest BCUT2D eigenvalue weighted by atomic mass is 10.1. The van der Waals surface area contributed by atoms with Crippen LogP contribution in [0.4, 0.5) is 0 Å². The summed E-state index contributed by atoms with van der Waals surface area (Å²) in [6.07, 6.45) is 0. The van der Waals surface area contributed by atoms with Crippen molar-refractivity contribution in [3.05, 3.63) is 52.5 Å². The molecule has 20 heavy (non-hydrogen) atoms. The molecular formula is C14H15ClN4O. The highest BCUT2D eigenvalue weighted by atomic mass is 35.5. The molecule has 0 fully saturated rings. The van der Waals surface area contributed by atoms with Gasteiger partial charge < -0.3 is 4.42 Å². The zero-order valence-electron chi connectivity index (χ0n) is 11.2. The van der Waals surface area contributed by atoms with Gasteiger partial charge in [0.15, 0.2) is 5.58 Å². The van der Waals surface area contributed by atoms with E-state index in [0.29, 0.717) is 16.4 Å². The Labute approximate surface area is 121 Å². The van der Waals surface area contributed by atoms with Gasteiger partial charge in [-0.3, -0.25) is 10.5 Å². The van der Waals surface area contributed by atoms with Crippen LogP contribution >= 0.6 is 11.6 Å². The van der Waals surface area contributed by atoms with Crippen LogP contribution in [-0.2, 0) is 7.05 Å². The molecule has 2 heterocycles. The summed E-state index contributed by atoms with van der Waals surface area (Å²) in [5.41, 5.74) is 5.30. The highest BCUT2D eigenvalue weighted by Gasteiger charge is 2.21. The summed E-state index contributed by atoms with van der Waals surface area (Å²) < 4.78 is 7.64. The normalized spacial score (nSPS) is 13.0. The molecule has 0 amide bonds. The second-order valence-electron chi connectivity index (χ2n) is 4.74. The molecule has 104 valence electrons. The second-order valence-corrected chi connectivity index (χ2v) is 5.15. The van der Waals surface area contributed by atoms with Gasteiger partial charge in [-0.25, -0.2) is 5.43 Å². The van der Waals surface area contributed by atoms with Gasteiger partial charge in [0, 0.05) is 12.4 Å². The van der Waals surface area contributed by atoms with Crippen LogP contribution in [0.1, 0.15) is 23.2 Å². The summed E-state index contributed by atoms with van der Waals surface area (Å²) >= 11 is 6.14. The molecule has 3 N–H and O–H groups in total. The second kappa shape index (κ2) is 4.94. The van der Waals surface area contributed by atoms with E-state index >= 15 is 0 Å². The molecule has 0 aliphatic heterocycles. The molecule has 0 spiro atoms. The summed E-state index contributed by atoms with van der Waals surface area (Å²) in [6, 6.07) is 9.29. The van der Waals surface area contributed by atoms with Gasteiger partial charge in [0.2, 0.25) is 0 Å². The highest BCUT2D eigenvalue weighted by Crippen LogP contribution is 2.31. The third kappa shape index (κ3) is 2.10. The van der Waals surface area contributed by atoms with E-state index in [-0.39, 0.29) is 6.04 Å². The lowest BCUT2D eigenvalue weighted by molar-refractivity contribution is 0.459. The van der Waals surface area contributed by atoms with Crippen molar-refractivity contribution in [3.63, 3.8) is 0 Å². The van der Waals surface area contributed by atoms with E-state index in [4.69, 9.17) is 21.9 Å². The van der Waals surface area contributed by atoms with Gasteiger partial charge in [-0.1, -0.05) is 23.7 Å². The highest BCUT2D eigenvalue weighted by molar-refractivity contribution is 6.34. The SMILES string of the molecule is Cc1cc(C(NN)c2cc3cccc(Cl)c3o2)n(C)n1. The van der Waals surface area contributed by atoms with Crippen molar-refractivity contribution in [1.82, 2.24) is 15.2 Å². The lowest BCUT2D eigenvalue weighted by Crippen LogP contribution is -2.30. The number of rotatable bonds is 3. The minimum absolute atomic E-state index is 0.273. The van der Waals surface area contributed by atoms with Crippen molar-refractivity contribution in [2.24, 2.45) is 12.9 Å². The summed E-state index contributed by atoms with van der Waals surface area (Å²) in [4.78, 5) is 0. The van der Waals surface area contributed by atoms with Gasteiger partial charge in [-0.15, -0.1) is 0 Å². The van der Waals surface area contributed by atoms with Crippen molar-refractivity contribution in [3.8, 4) is 0 Å². The molecule has 0 bridgehead atoms. The van der Waals surface area contributed by atoms with Crippen molar-refractivity contribution in [1.29, 1.82) is 0 Å². The van der Waals surface area contributed by atoms with Crippen molar-refractivity contribution >= 4 is 22.6 Å². The third-order valence-electron chi connectivity index (χ3n) is 3.30. The summed E-state index contributed by atoms with van der Waals surface area (Å²) in [7, 11) is 1.88. The predicted molar refractivity (Wildman–Crippen MR) is 78.3 cm³/mol.